The second-order valence-electron chi connectivity index (χ2n) is 1.82. The van der Waals surface area contributed by atoms with Gasteiger partial charge in [0.05, 0.1) is 0 Å². The molecule has 0 saturated heterocycles. The Morgan fingerprint density at radius 2 is 1.40 bits per heavy atom. The lowest BCUT2D eigenvalue weighted by Gasteiger charge is -1.76. The van der Waals surface area contributed by atoms with Crippen molar-refractivity contribution in [1.29, 1.82) is 0 Å². The maximum absolute atomic E-state index is 3.36. The van der Waals surface area contributed by atoms with Crippen molar-refractivity contribution in [2.24, 2.45) is 0 Å². The minimum Gasteiger partial charge on any atom is -0.320 e. The summed E-state index contributed by atoms with van der Waals surface area (Å²) in [6, 6.07) is 0. The van der Waals surface area contributed by atoms with Gasteiger partial charge in [0.2, 0.25) is 0 Å². The largest absolute Gasteiger partial charge is 0.320 e. The molecular weight excluding hydrogens is 122 g/mol. The fraction of sp³-hybridized carbons (Fsp3) is 0.778. The molecule has 0 aliphatic rings. The zero-order valence-corrected chi connectivity index (χ0v) is 8.20. The molecule has 0 spiro atoms. The van der Waals surface area contributed by atoms with Gasteiger partial charge in [-0.2, -0.15) is 0 Å². The second kappa shape index (κ2) is 37.7. The third-order valence-corrected chi connectivity index (χ3v) is 0.354. The molecule has 1 heteroatoms. The molecule has 0 bridgehead atoms. The lowest BCUT2D eigenvalue weighted by molar-refractivity contribution is 0.864. The van der Waals surface area contributed by atoms with Gasteiger partial charge in [-0.1, -0.05) is 33.3 Å². The van der Waals surface area contributed by atoms with E-state index in [9.17, 15) is 0 Å². The van der Waals surface area contributed by atoms with E-state index in [1.807, 2.05) is 14.0 Å². The minimum atomic E-state index is 1.07. The molecule has 0 aromatic heterocycles. The van der Waals surface area contributed by atoms with E-state index in [0.717, 1.165) is 6.54 Å². The maximum atomic E-state index is 3.36. The molecule has 0 aromatic rings. The number of allylic oxidation sites excluding steroid dienone is 1. The van der Waals surface area contributed by atoms with Crippen LogP contribution in [0.5, 0.6) is 0 Å². The third-order valence-electron chi connectivity index (χ3n) is 0.354. The first kappa shape index (κ1) is 16.4. The van der Waals surface area contributed by atoms with Crippen molar-refractivity contribution < 1.29 is 0 Å². The SMILES string of the molecule is C=CC.CCC.CCNC. The molecule has 0 rings (SSSR count). The van der Waals surface area contributed by atoms with Crippen molar-refractivity contribution in [3.63, 3.8) is 0 Å². The first-order valence-corrected chi connectivity index (χ1v) is 3.96. The van der Waals surface area contributed by atoms with E-state index in [1.54, 1.807) is 6.08 Å². The Morgan fingerprint density at radius 1 is 1.30 bits per heavy atom. The smallest absolute Gasteiger partial charge is 0.00804 e. The summed E-state index contributed by atoms with van der Waals surface area (Å²) in [5.41, 5.74) is 0. The molecule has 0 unspecified atom stereocenters. The summed E-state index contributed by atoms with van der Waals surface area (Å²) in [7, 11) is 1.93. The van der Waals surface area contributed by atoms with Crippen LogP contribution in [0.1, 0.15) is 34.1 Å². The number of hydrogen-bond acceptors (Lipinski definition) is 1. The van der Waals surface area contributed by atoms with Gasteiger partial charge in [0.15, 0.2) is 0 Å². The summed E-state index contributed by atoms with van der Waals surface area (Å²) in [6.45, 7) is 12.6. The van der Waals surface area contributed by atoms with Gasteiger partial charge < -0.3 is 5.32 Å². The fourth-order valence-electron chi connectivity index (χ4n) is 0. The topological polar surface area (TPSA) is 12.0 Å². The van der Waals surface area contributed by atoms with Gasteiger partial charge in [-0.05, 0) is 20.5 Å². The highest BCUT2D eigenvalue weighted by Gasteiger charge is 1.50. The second-order valence-corrected chi connectivity index (χ2v) is 1.82. The average Bonchev–Trinajstić information content (AvgIpc) is 1.91. The van der Waals surface area contributed by atoms with Crippen LogP contribution in [0.15, 0.2) is 12.7 Å². The van der Waals surface area contributed by atoms with Gasteiger partial charge in [0.25, 0.3) is 0 Å². The molecule has 0 aliphatic carbocycles. The highest BCUT2D eigenvalue weighted by Crippen LogP contribution is 1.56. The summed E-state index contributed by atoms with van der Waals surface area (Å²) in [6.07, 6.45) is 3.00. The van der Waals surface area contributed by atoms with Crippen LogP contribution in [-0.2, 0) is 0 Å². The van der Waals surface area contributed by atoms with Gasteiger partial charge in [-0.25, -0.2) is 0 Å². The zero-order valence-electron chi connectivity index (χ0n) is 8.20. The van der Waals surface area contributed by atoms with Gasteiger partial charge in [-0.15, -0.1) is 6.58 Å². The highest BCUT2D eigenvalue weighted by molar-refractivity contribution is 4.51. The maximum Gasteiger partial charge on any atom is -0.00804 e. The molecule has 0 radical (unpaired) electrons. The van der Waals surface area contributed by atoms with Gasteiger partial charge in [0.1, 0.15) is 0 Å². The standard InChI is InChI=1S/C3H9N.C3H8.C3H6/c1-3-4-2;2*1-3-2/h4H,3H2,1-2H3;3H2,1-2H3;3H,1H2,2H3. The van der Waals surface area contributed by atoms with Crippen LogP contribution in [0.25, 0.3) is 0 Å². The lowest BCUT2D eigenvalue weighted by atomic mass is 10.6. The molecule has 0 aliphatic heterocycles. The Bertz CT molecular complexity index is 31.7. The molecule has 0 fully saturated rings. The first-order valence-electron chi connectivity index (χ1n) is 3.96. The molecule has 10 heavy (non-hydrogen) atoms. The monoisotopic (exact) mass is 145 g/mol. The quantitative estimate of drug-likeness (QED) is 0.559. The summed E-state index contributed by atoms with van der Waals surface area (Å²) < 4.78 is 0. The van der Waals surface area contributed by atoms with Crippen LogP contribution in [-0.4, -0.2) is 13.6 Å². The summed E-state index contributed by atoms with van der Waals surface area (Å²) in [4.78, 5) is 0. The van der Waals surface area contributed by atoms with E-state index in [-0.39, 0.29) is 0 Å². The minimum absolute atomic E-state index is 1.07. The van der Waals surface area contributed by atoms with E-state index in [1.165, 1.54) is 6.42 Å². The summed E-state index contributed by atoms with van der Waals surface area (Å²) in [5.74, 6) is 0. The van der Waals surface area contributed by atoms with Crippen LogP contribution in [0.4, 0.5) is 0 Å². The van der Waals surface area contributed by atoms with Crippen molar-refractivity contribution in [1.82, 2.24) is 5.32 Å². The van der Waals surface area contributed by atoms with E-state index in [4.69, 9.17) is 0 Å². The van der Waals surface area contributed by atoms with Crippen molar-refractivity contribution >= 4 is 0 Å². The van der Waals surface area contributed by atoms with Crippen molar-refractivity contribution in [2.45, 2.75) is 34.1 Å². The fourth-order valence-corrected chi connectivity index (χ4v) is 0. The molecular formula is C9H23N. The molecule has 0 saturated carbocycles. The van der Waals surface area contributed by atoms with Crippen LogP contribution in [0, 0.1) is 0 Å². The van der Waals surface area contributed by atoms with Gasteiger partial charge in [0, 0.05) is 0 Å². The molecule has 0 amide bonds. The lowest BCUT2D eigenvalue weighted by Crippen LogP contribution is -2.01. The van der Waals surface area contributed by atoms with Crippen molar-refractivity contribution in [2.75, 3.05) is 13.6 Å². The molecule has 1 N–H and O–H groups in total. The van der Waals surface area contributed by atoms with Gasteiger partial charge >= 0.3 is 0 Å². The Balaban J connectivity index is -0.0000000750. The molecule has 0 aromatic carbocycles. The summed E-state index contributed by atoms with van der Waals surface area (Å²) >= 11 is 0. The molecule has 1 nitrogen and oxygen atoms in total. The first-order chi connectivity index (χ1) is 4.74. The number of nitrogens with one attached hydrogen (secondary N) is 1. The van der Waals surface area contributed by atoms with Crippen molar-refractivity contribution in [3.05, 3.63) is 12.7 Å². The van der Waals surface area contributed by atoms with Gasteiger partial charge in [-0.3, -0.25) is 0 Å². The number of hydrogen-bond donors (Lipinski definition) is 1. The van der Waals surface area contributed by atoms with E-state index < -0.39 is 0 Å². The van der Waals surface area contributed by atoms with Crippen LogP contribution in [0.2, 0.25) is 0 Å². The Morgan fingerprint density at radius 3 is 1.40 bits per heavy atom. The Kier molecular flexibility index (Phi) is 61.6. The van der Waals surface area contributed by atoms with E-state index in [2.05, 4.69) is 32.7 Å². The molecule has 0 heterocycles. The summed E-state index contributed by atoms with van der Waals surface area (Å²) in [5, 5.41) is 2.93. The normalized spacial score (nSPS) is 6.10. The van der Waals surface area contributed by atoms with Crippen LogP contribution in [0.3, 0.4) is 0 Å². The predicted octanol–water partition coefficient (Wildman–Crippen LogP) is 2.83. The zero-order chi connectivity index (χ0) is 8.83. The van der Waals surface area contributed by atoms with E-state index >= 15 is 0 Å². The third kappa shape index (κ3) is 705. The van der Waals surface area contributed by atoms with Crippen LogP contribution >= 0.6 is 0 Å². The molecule has 0 atom stereocenters. The molecule has 64 valence electrons. The average molecular weight is 145 g/mol. The Hall–Kier alpha value is -0.300. The number of rotatable bonds is 1. The Labute approximate surface area is 66.5 Å². The van der Waals surface area contributed by atoms with E-state index in [0.29, 0.717) is 0 Å². The predicted molar refractivity (Wildman–Crippen MR) is 51.4 cm³/mol. The highest BCUT2D eigenvalue weighted by atomic mass is 14.8. The van der Waals surface area contributed by atoms with Crippen LogP contribution < -0.4 is 5.32 Å². The van der Waals surface area contributed by atoms with Crippen molar-refractivity contribution in [3.8, 4) is 0 Å².